The average molecular weight is 435 g/mol. The molecule has 23 heavy (non-hydrogen) atoms. The van der Waals surface area contributed by atoms with Crippen LogP contribution < -0.4 is 13.7 Å². The molecule has 128 valence electrons. The molecule has 0 spiro atoms. The lowest BCUT2D eigenvalue weighted by Gasteiger charge is -2.24. The van der Waals surface area contributed by atoms with E-state index in [-0.39, 0.29) is 18.4 Å². The van der Waals surface area contributed by atoms with Crippen LogP contribution in [-0.4, -0.2) is 45.7 Å². The predicted molar refractivity (Wildman–Crippen MR) is 96.2 cm³/mol. The number of benzene rings is 1. The molecule has 7 nitrogen and oxygen atoms in total. The van der Waals surface area contributed by atoms with Gasteiger partial charge in [0.2, 0.25) is 5.91 Å². The van der Waals surface area contributed by atoms with E-state index >= 15 is 0 Å². The van der Waals surface area contributed by atoms with E-state index in [9.17, 15) is 9.59 Å². The third-order valence-electron chi connectivity index (χ3n) is 3.11. The third-order valence-corrected chi connectivity index (χ3v) is 4.10. The predicted octanol–water partition coefficient (Wildman–Crippen LogP) is 1.39. The summed E-state index contributed by atoms with van der Waals surface area (Å²) < 4.78 is 12.0. The van der Waals surface area contributed by atoms with Gasteiger partial charge in [-0.25, -0.2) is 0 Å². The van der Waals surface area contributed by atoms with Gasteiger partial charge in [-0.3, -0.25) is 12.7 Å². The first-order valence-corrected chi connectivity index (χ1v) is 8.01. The van der Waals surface area contributed by atoms with Crippen LogP contribution in [0.4, 0.5) is 5.69 Å². The molecule has 0 heterocycles. The zero-order valence-electron chi connectivity index (χ0n) is 13.6. The number of nitrogens with one attached hydrogen (secondary N) is 2. The second-order valence-electron chi connectivity index (χ2n) is 4.80. The standard InChI is InChI=1S/C15H22IN3O4/c1-10(18-13(20)9-17-2)14(21)19(16)12-8-6-5-7-11(12)15(22-3)23-4/h5-8,10,15,17H,9H2,1-4H3,(H,18,20)/t10-/m1/s1. The van der Waals surface area contributed by atoms with Crippen LogP contribution in [0.25, 0.3) is 0 Å². The number of rotatable bonds is 8. The van der Waals surface area contributed by atoms with Crippen LogP contribution in [0.15, 0.2) is 24.3 Å². The molecule has 2 amide bonds. The molecule has 0 aliphatic carbocycles. The zero-order valence-corrected chi connectivity index (χ0v) is 15.8. The Balaban J connectivity index is 2.94. The van der Waals surface area contributed by atoms with Crippen molar-refractivity contribution in [3.8, 4) is 0 Å². The Morgan fingerprint density at radius 2 is 1.87 bits per heavy atom. The van der Waals surface area contributed by atoms with E-state index in [1.54, 1.807) is 20.0 Å². The highest BCUT2D eigenvalue weighted by atomic mass is 127. The molecule has 0 unspecified atom stereocenters. The van der Waals surface area contributed by atoms with Crippen molar-refractivity contribution in [2.24, 2.45) is 0 Å². The number of ether oxygens (including phenoxy) is 2. The second-order valence-corrected chi connectivity index (χ2v) is 5.77. The maximum absolute atomic E-state index is 12.5. The first-order valence-electron chi connectivity index (χ1n) is 7.04. The lowest BCUT2D eigenvalue weighted by atomic mass is 10.1. The molecular formula is C15H22IN3O4. The van der Waals surface area contributed by atoms with E-state index in [0.717, 1.165) is 5.56 Å². The lowest BCUT2D eigenvalue weighted by Crippen LogP contribution is -2.46. The van der Waals surface area contributed by atoms with Gasteiger partial charge in [-0.1, -0.05) is 18.2 Å². The largest absolute Gasteiger partial charge is 0.352 e. The van der Waals surface area contributed by atoms with Crippen molar-refractivity contribution >= 4 is 40.4 Å². The smallest absolute Gasteiger partial charge is 0.258 e. The summed E-state index contributed by atoms with van der Waals surface area (Å²) in [5.41, 5.74) is 1.38. The quantitative estimate of drug-likeness (QED) is 0.367. The Morgan fingerprint density at radius 3 is 2.43 bits per heavy atom. The maximum atomic E-state index is 12.5. The van der Waals surface area contributed by atoms with Crippen molar-refractivity contribution < 1.29 is 19.1 Å². The molecule has 0 bridgehead atoms. The van der Waals surface area contributed by atoms with E-state index in [0.29, 0.717) is 5.69 Å². The number of nitrogens with zero attached hydrogens (tertiary/aromatic N) is 1. The van der Waals surface area contributed by atoms with Crippen LogP contribution in [0, 0.1) is 0 Å². The fourth-order valence-corrected chi connectivity index (χ4v) is 2.88. The Morgan fingerprint density at radius 1 is 1.26 bits per heavy atom. The zero-order chi connectivity index (χ0) is 17.4. The minimum absolute atomic E-state index is 0.158. The number of carbonyl (C=O) groups excluding carboxylic acids is 2. The summed E-state index contributed by atoms with van der Waals surface area (Å²) in [5.74, 6) is -0.480. The van der Waals surface area contributed by atoms with Crippen LogP contribution >= 0.6 is 22.9 Å². The van der Waals surface area contributed by atoms with Gasteiger partial charge in [-0.15, -0.1) is 0 Å². The van der Waals surface area contributed by atoms with E-state index in [1.165, 1.54) is 17.3 Å². The number of methoxy groups -OCH3 is 2. The van der Waals surface area contributed by atoms with E-state index in [2.05, 4.69) is 10.6 Å². The summed E-state index contributed by atoms with van der Waals surface area (Å²) >= 11 is 1.91. The van der Waals surface area contributed by atoms with Gasteiger partial charge >= 0.3 is 0 Å². The Hall–Kier alpha value is -1.23. The maximum Gasteiger partial charge on any atom is 0.258 e. The summed E-state index contributed by atoms with van der Waals surface area (Å²) in [6.07, 6.45) is -0.578. The number of halogens is 1. The van der Waals surface area contributed by atoms with Crippen molar-refractivity contribution in [1.82, 2.24) is 10.6 Å². The fourth-order valence-electron chi connectivity index (χ4n) is 2.02. The van der Waals surface area contributed by atoms with Crippen molar-refractivity contribution in [3.05, 3.63) is 29.8 Å². The van der Waals surface area contributed by atoms with Crippen molar-refractivity contribution in [2.75, 3.05) is 30.9 Å². The molecule has 0 aliphatic rings. The van der Waals surface area contributed by atoms with Crippen LogP contribution in [-0.2, 0) is 19.1 Å². The molecule has 1 atom stereocenters. The average Bonchev–Trinajstić information content (AvgIpc) is 2.55. The fraction of sp³-hybridized carbons (Fsp3) is 0.467. The van der Waals surface area contributed by atoms with Crippen LogP contribution in [0.2, 0.25) is 0 Å². The van der Waals surface area contributed by atoms with Gasteiger partial charge in [0, 0.05) is 19.8 Å². The molecule has 2 N–H and O–H groups in total. The van der Waals surface area contributed by atoms with Gasteiger partial charge in [0.1, 0.15) is 6.04 Å². The highest BCUT2D eigenvalue weighted by Gasteiger charge is 2.25. The SMILES string of the molecule is CNCC(=O)N[C@H](C)C(=O)N(I)c1ccccc1C(OC)OC. The third kappa shape index (κ3) is 5.41. The van der Waals surface area contributed by atoms with Gasteiger partial charge in [0.15, 0.2) is 6.29 Å². The highest BCUT2D eigenvalue weighted by molar-refractivity contribution is 14.1. The summed E-state index contributed by atoms with van der Waals surface area (Å²) in [4.78, 5) is 24.1. The minimum atomic E-state index is -0.649. The molecule has 8 heteroatoms. The molecule has 0 saturated carbocycles. The Bertz CT molecular complexity index is 537. The Kier molecular flexibility index (Phi) is 8.45. The molecule has 1 rings (SSSR count). The lowest BCUT2D eigenvalue weighted by molar-refractivity contribution is -0.126. The van der Waals surface area contributed by atoms with Gasteiger partial charge in [-0.2, -0.15) is 0 Å². The normalized spacial score (nSPS) is 12.1. The van der Waals surface area contributed by atoms with Crippen LogP contribution in [0.3, 0.4) is 0 Å². The number of carbonyl (C=O) groups is 2. The van der Waals surface area contributed by atoms with E-state index in [1.807, 2.05) is 41.1 Å². The number of hydrogen-bond donors (Lipinski definition) is 2. The van der Waals surface area contributed by atoms with E-state index < -0.39 is 12.3 Å². The highest BCUT2D eigenvalue weighted by Crippen LogP contribution is 2.31. The van der Waals surface area contributed by atoms with E-state index in [4.69, 9.17) is 9.47 Å². The number of para-hydroxylation sites is 1. The number of anilines is 1. The minimum Gasteiger partial charge on any atom is -0.352 e. The van der Waals surface area contributed by atoms with Crippen molar-refractivity contribution in [2.45, 2.75) is 19.3 Å². The second kappa shape index (κ2) is 9.81. The summed E-state index contributed by atoms with van der Waals surface area (Å²) in [5, 5.41) is 5.39. The molecule has 1 aromatic carbocycles. The summed E-state index contributed by atoms with van der Waals surface area (Å²) in [7, 11) is 4.73. The van der Waals surface area contributed by atoms with Crippen LogP contribution in [0.1, 0.15) is 18.8 Å². The number of amides is 2. The van der Waals surface area contributed by atoms with Crippen molar-refractivity contribution in [3.63, 3.8) is 0 Å². The molecule has 0 radical (unpaired) electrons. The topological polar surface area (TPSA) is 79.9 Å². The van der Waals surface area contributed by atoms with Gasteiger partial charge in [0.05, 0.1) is 35.1 Å². The summed E-state index contributed by atoms with van der Waals surface area (Å²) in [6.45, 7) is 1.80. The van der Waals surface area contributed by atoms with Crippen molar-refractivity contribution in [1.29, 1.82) is 0 Å². The van der Waals surface area contributed by atoms with Crippen LogP contribution in [0.5, 0.6) is 0 Å². The molecule has 0 fully saturated rings. The first kappa shape index (κ1) is 19.8. The summed E-state index contributed by atoms with van der Waals surface area (Å²) in [6, 6.07) is 6.65. The first-order chi connectivity index (χ1) is 11.0. The molecule has 0 saturated heterocycles. The molecule has 0 aliphatic heterocycles. The number of likely N-dealkylation sites (N-methyl/N-ethyl adjacent to an activating group) is 1. The number of hydrogen-bond acceptors (Lipinski definition) is 5. The molecule has 0 aromatic heterocycles. The van der Waals surface area contributed by atoms with Gasteiger partial charge in [0.25, 0.3) is 5.91 Å². The molecular weight excluding hydrogens is 413 g/mol. The molecule has 1 aromatic rings. The van der Waals surface area contributed by atoms with Gasteiger partial charge in [-0.05, 0) is 20.0 Å². The Labute approximate surface area is 150 Å². The van der Waals surface area contributed by atoms with Gasteiger partial charge < -0.3 is 20.1 Å². The monoisotopic (exact) mass is 435 g/mol.